The molecular weight excluding hydrogens is 186 g/mol. The molecule has 2 N–H and O–H groups in total. The molecule has 0 bridgehead atoms. The second-order valence-corrected chi connectivity index (χ2v) is 2.64. The van der Waals surface area contributed by atoms with Gasteiger partial charge in [0.15, 0.2) is 0 Å². The van der Waals surface area contributed by atoms with E-state index < -0.39 is 23.1 Å². The van der Waals surface area contributed by atoms with Gasteiger partial charge in [0.25, 0.3) is 0 Å². The first-order valence-electron chi connectivity index (χ1n) is 3.46. The minimum atomic E-state index is -4.53. The maximum Gasteiger partial charge on any atom is 0.416 e. The highest BCUT2D eigenvalue weighted by molar-refractivity contribution is 5.47. The second kappa shape index (κ2) is 2.90. The Morgan fingerprint density at radius 2 is 1.77 bits per heavy atom. The fourth-order valence-corrected chi connectivity index (χ4v) is 1.01. The Bertz CT molecular complexity index is 330. The number of nitrogen functional groups attached to an aromatic ring is 1. The molecule has 1 aromatic carbocycles. The van der Waals surface area contributed by atoms with Gasteiger partial charge >= 0.3 is 6.18 Å². The van der Waals surface area contributed by atoms with Crippen molar-refractivity contribution in [1.29, 1.82) is 0 Å². The lowest BCUT2D eigenvalue weighted by atomic mass is 10.1. The Labute approximate surface area is 72.2 Å². The Morgan fingerprint density at radius 3 is 2.23 bits per heavy atom. The average Bonchev–Trinajstić information content (AvgIpc) is 1.98. The van der Waals surface area contributed by atoms with Crippen molar-refractivity contribution >= 4 is 5.69 Å². The van der Waals surface area contributed by atoms with Crippen molar-refractivity contribution in [3.05, 3.63) is 29.1 Å². The fraction of sp³-hybridized carbons (Fsp3) is 0.250. The van der Waals surface area contributed by atoms with E-state index in [0.29, 0.717) is 0 Å². The van der Waals surface area contributed by atoms with E-state index in [1.807, 2.05) is 0 Å². The van der Waals surface area contributed by atoms with Crippen molar-refractivity contribution in [3.63, 3.8) is 0 Å². The van der Waals surface area contributed by atoms with E-state index in [4.69, 9.17) is 5.73 Å². The first-order chi connectivity index (χ1) is 5.84. The first kappa shape index (κ1) is 9.83. The number of hydrogen-bond donors (Lipinski definition) is 1. The van der Waals surface area contributed by atoms with Crippen LogP contribution in [0.15, 0.2) is 12.1 Å². The Kier molecular flexibility index (Phi) is 2.19. The molecule has 72 valence electrons. The van der Waals surface area contributed by atoms with Crippen LogP contribution in [0.2, 0.25) is 0 Å². The zero-order valence-corrected chi connectivity index (χ0v) is 6.74. The molecular formula is C8H7F4N. The summed E-state index contributed by atoms with van der Waals surface area (Å²) < 4.78 is 49.4. The van der Waals surface area contributed by atoms with Crippen molar-refractivity contribution in [2.24, 2.45) is 0 Å². The van der Waals surface area contributed by atoms with E-state index in [2.05, 4.69) is 0 Å². The molecule has 5 heteroatoms. The normalized spacial score (nSPS) is 11.8. The Hall–Kier alpha value is -1.26. The molecule has 0 aromatic heterocycles. The third kappa shape index (κ3) is 1.74. The summed E-state index contributed by atoms with van der Waals surface area (Å²) in [5, 5.41) is 0. The van der Waals surface area contributed by atoms with Crippen LogP contribution in [-0.2, 0) is 6.18 Å². The molecule has 0 radical (unpaired) electrons. The number of anilines is 1. The standard InChI is InChI=1S/C8H7F4N/c1-4-5(8(10,11)12)2-3-6(13)7(4)9/h2-3H,13H2,1H3. The van der Waals surface area contributed by atoms with Crippen LogP contribution in [0.4, 0.5) is 23.2 Å². The minimum Gasteiger partial charge on any atom is -0.396 e. The molecule has 0 unspecified atom stereocenters. The summed E-state index contributed by atoms with van der Waals surface area (Å²) >= 11 is 0. The van der Waals surface area contributed by atoms with Crippen LogP contribution in [0.1, 0.15) is 11.1 Å². The molecule has 1 rings (SSSR count). The summed E-state index contributed by atoms with van der Waals surface area (Å²) in [6.45, 7) is 1.05. The highest BCUT2D eigenvalue weighted by Gasteiger charge is 2.33. The lowest BCUT2D eigenvalue weighted by Gasteiger charge is -2.11. The van der Waals surface area contributed by atoms with Gasteiger partial charge in [0.05, 0.1) is 11.3 Å². The third-order valence-electron chi connectivity index (χ3n) is 1.72. The summed E-state index contributed by atoms with van der Waals surface area (Å²) in [7, 11) is 0. The van der Waals surface area contributed by atoms with E-state index in [0.717, 1.165) is 19.1 Å². The highest BCUT2D eigenvalue weighted by Crippen LogP contribution is 2.33. The molecule has 0 aliphatic carbocycles. The molecule has 0 heterocycles. The van der Waals surface area contributed by atoms with Gasteiger partial charge in [-0.3, -0.25) is 0 Å². The second-order valence-electron chi connectivity index (χ2n) is 2.64. The fourth-order valence-electron chi connectivity index (χ4n) is 1.01. The smallest absolute Gasteiger partial charge is 0.396 e. The van der Waals surface area contributed by atoms with E-state index >= 15 is 0 Å². The van der Waals surface area contributed by atoms with Gasteiger partial charge in [0.2, 0.25) is 0 Å². The van der Waals surface area contributed by atoms with Crippen LogP contribution >= 0.6 is 0 Å². The van der Waals surface area contributed by atoms with E-state index in [9.17, 15) is 17.6 Å². The van der Waals surface area contributed by atoms with E-state index in [-0.39, 0.29) is 5.69 Å². The molecule has 0 aliphatic heterocycles. The van der Waals surface area contributed by atoms with Crippen LogP contribution in [0, 0.1) is 12.7 Å². The summed E-state index contributed by atoms with van der Waals surface area (Å²) in [5.41, 5.74) is 3.37. The molecule has 0 spiro atoms. The van der Waals surface area contributed by atoms with Crippen LogP contribution in [0.3, 0.4) is 0 Å². The van der Waals surface area contributed by atoms with Gasteiger partial charge in [0, 0.05) is 0 Å². The molecule has 0 aliphatic rings. The van der Waals surface area contributed by atoms with Gasteiger partial charge in [-0.25, -0.2) is 4.39 Å². The average molecular weight is 193 g/mol. The third-order valence-corrected chi connectivity index (χ3v) is 1.72. The molecule has 13 heavy (non-hydrogen) atoms. The van der Waals surface area contributed by atoms with Crippen LogP contribution < -0.4 is 5.73 Å². The summed E-state index contributed by atoms with van der Waals surface area (Å²) in [4.78, 5) is 0. The summed E-state index contributed by atoms with van der Waals surface area (Å²) in [6.07, 6.45) is -4.53. The van der Waals surface area contributed by atoms with Gasteiger partial charge in [0.1, 0.15) is 5.82 Å². The molecule has 0 amide bonds. The first-order valence-corrected chi connectivity index (χ1v) is 3.46. The number of rotatable bonds is 0. The maximum absolute atomic E-state index is 12.9. The molecule has 1 nitrogen and oxygen atoms in total. The molecule has 0 fully saturated rings. The number of alkyl halides is 3. The van der Waals surface area contributed by atoms with Gasteiger partial charge < -0.3 is 5.73 Å². The predicted octanol–water partition coefficient (Wildman–Crippen LogP) is 2.74. The highest BCUT2D eigenvalue weighted by atomic mass is 19.4. The summed E-state index contributed by atoms with van der Waals surface area (Å²) in [5.74, 6) is -1.00. The van der Waals surface area contributed by atoms with Crippen LogP contribution in [0.5, 0.6) is 0 Å². The van der Waals surface area contributed by atoms with Crippen LogP contribution in [-0.4, -0.2) is 0 Å². The topological polar surface area (TPSA) is 26.0 Å². The van der Waals surface area contributed by atoms with Crippen molar-refractivity contribution in [2.75, 3.05) is 5.73 Å². The zero-order chi connectivity index (χ0) is 10.2. The molecule has 0 saturated carbocycles. The van der Waals surface area contributed by atoms with E-state index in [1.54, 1.807) is 0 Å². The quantitative estimate of drug-likeness (QED) is 0.497. The van der Waals surface area contributed by atoms with E-state index in [1.165, 1.54) is 0 Å². The van der Waals surface area contributed by atoms with Crippen molar-refractivity contribution in [3.8, 4) is 0 Å². The van der Waals surface area contributed by atoms with Crippen LogP contribution in [0.25, 0.3) is 0 Å². The van der Waals surface area contributed by atoms with Crippen molar-refractivity contribution in [1.82, 2.24) is 0 Å². The van der Waals surface area contributed by atoms with Gasteiger partial charge in [-0.15, -0.1) is 0 Å². The SMILES string of the molecule is Cc1c(C(F)(F)F)ccc(N)c1F. The Morgan fingerprint density at radius 1 is 1.23 bits per heavy atom. The van der Waals surface area contributed by atoms with Gasteiger partial charge in [-0.2, -0.15) is 13.2 Å². The monoisotopic (exact) mass is 193 g/mol. The number of nitrogens with two attached hydrogens (primary N) is 1. The predicted molar refractivity (Wildman–Crippen MR) is 40.6 cm³/mol. The van der Waals surface area contributed by atoms with Gasteiger partial charge in [-0.1, -0.05) is 0 Å². The Balaban J connectivity index is 3.35. The van der Waals surface area contributed by atoms with Gasteiger partial charge in [-0.05, 0) is 24.6 Å². The maximum atomic E-state index is 12.9. The zero-order valence-electron chi connectivity index (χ0n) is 6.74. The van der Waals surface area contributed by atoms with Crippen molar-refractivity contribution < 1.29 is 17.6 Å². The number of halogens is 4. The number of hydrogen-bond acceptors (Lipinski definition) is 1. The lowest BCUT2D eigenvalue weighted by Crippen LogP contribution is -2.09. The van der Waals surface area contributed by atoms with Crippen molar-refractivity contribution in [2.45, 2.75) is 13.1 Å². The molecule has 0 atom stereocenters. The number of benzene rings is 1. The largest absolute Gasteiger partial charge is 0.416 e. The minimum absolute atomic E-state index is 0.273. The molecule has 0 saturated heterocycles. The summed E-state index contributed by atoms with van der Waals surface area (Å²) in [6, 6.07) is 1.68. The molecule has 1 aromatic rings. The lowest BCUT2D eigenvalue weighted by molar-refractivity contribution is -0.138.